The van der Waals surface area contributed by atoms with Gasteiger partial charge in [0.25, 0.3) is 0 Å². The summed E-state index contributed by atoms with van der Waals surface area (Å²) in [7, 11) is 0. The topological polar surface area (TPSA) is 51.1 Å². The Kier molecular flexibility index (Phi) is 6.65. The largest absolute Gasteiger partial charge is 0.456 e. The summed E-state index contributed by atoms with van der Waals surface area (Å²) in [6.07, 6.45) is 0. The molecule has 0 amide bonds. The smallest absolute Gasteiger partial charge is 0.164 e. The van der Waals surface area contributed by atoms with Gasteiger partial charge in [-0.2, -0.15) is 0 Å². The molecule has 0 saturated carbocycles. The summed E-state index contributed by atoms with van der Waals surface area (Å²) in [6, 6.07) is 63.7. The Morgan fingerprint density at radius 3 is 1.84 bits per heavy atom. The lowest BCUT2D eigenvalue weighted by Crippen LogP contribution is -2.32. The molecular formula is C50H30N4OS. The van der Waals surface area contributed by atoms with Crippen molar-refractivity contribution in [1.29, 1.82) is 0 Å². The summed E-state index contributed by atoms with van der Waals surface area (Å²) >= 11 is 1.86. The first kappa shape index (κ1) is 31.2. The second kappa shape index (κ2) is 11.9. The molecule has 3 heterocycles. The number of aromatic nitrogens is 3. The molecule has 7 aromatic carbocycles. The number of hydrogen-bond acceptors (Lipinski definition) is 6. The molecule has 9 aromatic rings. The summed E-state index contributed by atoms with van der Waals surface area (Å²) in [6.45, 7) is 0. The Morgan fingerprint density at radius 1 is 0.482 bits per heavy atom. The van der Waals surface area contributed by atoms with Crippen molar-refractivity contribution in [2.24, 2.45) is 0 Å². The van der Waals surface area contributed by atoms with Crippen LogP contribution in [0.5, 0.6) is 5.75 Å². The van der Waals surface area contributed by atoms with Gasteiger partial charge in [-0.05, 0) is 52.6 Å². The van der Waals surface area contributed by atoms with Gasteiger partial charge in [0, 0.05) is 42.9 Å². The third-order valence-electron chi connectivity index (χ3n) is 11.3. The van der Waals surface area contributed by atoms with E-state index in [1.165, 1.54) is 26.1 Å². The second-order valence-electron chi connectivity index (χ2n) is 14.3. The minimum Gasteiger partial charge on any atom is -0.456 e. The molecule has 12 rings (SSSR count). The first-order chi connectivity index (χ1) is 27.8. The van der Waals surface area contributed by atoms with E-state index < -0.39 is 5.41 Å². The lowest BCUT2D eigenvalue weighted by molar-refractivity contribution is 0.371. The SMILES string of the molecule is c1ccc(-c2nc(-c3ccccc3)nc(-c3cccc4c3-c3ccccc3C43C4=C(c5c3sc3ccccc53)N(c3ccccc3)c3ccccc3O4)n2)cc1. The molecule has 1 spiro atoms. The van der Waals surface area contributed by atoms with Gasteiger partial charge in [0.2, 0.25) is 0 Å². The lowest BCUT2D eigenvalue weighted by atomic mass is 9.76. The molecule has 0 N–H and O–H groups in total. The molecule has 5 nitrogen and oxygen atoms in total. The highest BCUT2D eigenvalue weighted by molar-refractivity contribution is 7.19. The summed E-state index contributed by atoms with van der Waals surface area (Å²) in [5, 5.41) is 1.22. The molecule has 1 atom stereocenters. The van der Waals surface area contributed by atoms with E-state index in [-0.39, 0.29) is 0 Å². The molecule has 0 radical (unpaired) electrons. The van der Waals surface area contributed by atoms with Crippen LogP contribution in [0.1, 0.15) is 21.6 Å². The van der Waals surface area contributed by atoms with E-state index >= 15 is 0 Å². The van der Waals surface area contributed by atoms with Crippen molar-refractivity contribution >= 4 is 38.5 Å². The van der Waals surface area contributed by atoms with Gasteiger partial charge in [0.05, 0.1) is 11.4 Å². The molecule has 0 saturated heterocycles. The van der Waals surface area contributed by atoms with Crippen LogP contribution in [0.15, 0.2) is 188 Å². The molecule has 1 unspecified atom stereocenters. The van der Waals surface area contributed by atoms with Crippen LogP contribution in [0.25, 0.3) is 61.1 Å². The van der Waals surface area contributed by atoms with Gasteiger partial charge in [0.15, 0.2) is 23.2 Å². The standard InChI is InChI=1S/C50H30N4OS/c1-4-17-31(18-5-1)47-51-48(32-19-6-2-7-20-32)53-49(52-47)36-25-16-27-38-42(36)34-23-10-12-26-37(34)50(38)45-44(43-35-24-11-15-30-41(35)56-46(43)50)54(33-21-8-3-9-22-33)39-28-13-14-29-40(39)55-45/h1-30H. The number of anilines is 2. The zero-order chi connectivity index (χ0) is 36.8. The van der Waals surface area contributed by atoms with E-state index in [1.807, 2.05) is 47.7 Å². The summed E-state index contributed by atoms with van der Waals surface area (Å²) < 4.78 is 8.60. The number of ether oxygens (including phenoxy) is 1. The zero-order valence-electron chi connectivity index (χ0n) is 29.9. The number of allylic oxidation sites excluding steroid dienone is 1. The quantitative estimate of drug-likeness (QED) is 0.180. The maximum atomic E-state index is 7.35. The van der Waals surface area contributed by atoms with E-state index in [1.54, 1.807) is 0 Å². The number of rotatable bonds is 4. The summed E-state index contributed by atoms with van der Waals surface area (Å²) in [5.74, 6) is 3.65. The second-order valence-corrected chi connectivity index (χ2v) is 15.3. The van der Waals surface area contributed by atoms with Crippen LogP contribution in [-0.4, -0.2) is 15.0 Å². The molecule has 3 aliphatic rings. The average Bonchev–Trinajstić information content (AvgIpc) is 3.90. The van der Waals surface area contributed by atoms with Crippen molar-refractivity contribution < 1.29 is 4.74 Å². The molecule has 0 bridgehead atoms. The van der Waals surface area contributed by atoms with Crippen LogP contribution >= 0.6 is 11.3 Å². The predicted octanol–water partition coefficient (Wildman–Crippen LogP) is 12.3. The van der Waals surface area contributed by atoms with Crippen molar-refractivity contribution in [1.82, 2.24) is 15.0 Å². The van der Waals surface area contributed by atoms with Crippen molar-refractivity contribution in [3.05, 3.63) is 209 Å². The fourth-order valence-electron chi connectivity index (χ4n) is 9.01. The van der Waals surface area contributed by atoms with Gasteiger partial charge in [0.1, 0.15) is 11.2 Å². The van der Waals surface area contributed by atoms with Gasteiger partial charge in [-0.1, -0.05) is 152 Å². The van der Waals surface area contributed by atoms with E-state index in [0.29, 0.717) is 17.5 Å². The van der Waals surface area contributed by atoms with E-state index in [4.69, 9.17) is 19.7 Å². The fraction of sp³-hybridized carbons (Fsp3) is 0.0200. The molecule has 262 valence electrons. The van der Waals surface area contributed by atoms with E-state index in [0.717, 1.165) is 62.0 Å². The predicted molar refractivity (Wildman–Crippen MR) is 226 cm³/mol. The Bertz CT molecular complexity index is 3010. The van der Waals surface area contributed by atoms with Gasteiger partial charge in [-0.25, -0.2) is 15.0 Å². The van der Waals surface area contributed by atoms with Crippen LogP contribution in [-0.2, 0) is 5.41 Å². The highest BCUT2D eigenvalue weighted by atomic mass is 32.1. The van der Waals surface area contributed by atoms with Crippen LogP contribution in [0, 0.1) is 0 Å². The maximum absolute atomic E-state index is 7.35. The Balaban J connectivity index is 1.19. The Labute approximate surface area is 327 Å². The minimum atomic E-state index is -0.742. The molecular weight excluding hydrogens is 705 g/mol. The van der Waals surface area contributed by atoms with Crippen molar-refractivity contribution in [3.8, 4) is 51.0 Å². The number of thiophene rings is 1. The van der Waals surface area contributed by atoms with Crippen molar-refractivity contribution in [2.45, 2.75) is 5.41 Å². The molecule has 1 aliphatic heterocycles. The van der Waals surface area contributed by atoms with Gasteiger partial charge >= 0.3 is 0 Å². The van der Waals surface area contributed by atoms with Crippen LogP contribution < -0.4 is 9.64 Å². The van der Waals surface area contributed by atoms with Gasteiger partial charge in [-0.3, -0.25) is 0 Å². The first-order valence-electron chi connectivity index (χ1n) is 18.8. The van der Waals surface area contributed by atoms with E-state index in [2.05, 4.69) is 150 Å². The average molecular weight is 735 g/mol. The Morgan fingerprint density at radius 2 is 1.07 bits per heavy atom. The Hall–Kier alpha value is -7.15. The van der Waals surface area contributed by atoms with Crippen LogP contribution in [0.3, 0.4) is 0 Å². The maximum Gasteiger partial charge on any atom is 0.164 e. The number of hydrogen-bond donors (Lipinski definition) is 0. The normalized spacial score (nSPS) is 16.0. The molecule has 6 heteroatoms. The van der Waals surface area contributed by atoms with E-state index in [9.17, 15) is 0 Å². The number of benzene rings is 7. The third-order valence-corrected chi connectivity index (χ3v) is 12.6. The van der Waals surface area contributed by atoms with Crippen LogP contribution in [0.4, 0.5) is 11.4 Å². The first-order valence-corrected chi connectivity index (χ1v) is 19.6. The molecule has 0 fully saturated rings. The monoisotopic (exact) mass is 734 g/mol. The van der Waals surface area contributed by atoms with Gasteiger partial charge in [-0.15, -0.1) is 11.3 Å². The number of para-hydroxylation sites is 3. The zero-order valence-corrected chi connectivity index (χ0v) is 30.7. The minimum absolute atomic E-state index is 0.631. The van der Waals surface area contributed by atoms with Crippen LogP contribution in [0.2, 0.25) is 0 Å². The van der Waals surface area contributed by atoms with Gasteiger partial charge < -0.3 is 9.64 Å². The highest BCUT2D eigenvalue weighted by Gasteiger charge is 2.59. The lowest BCUT2D eigenvalue weighted by Gasteiger charge is -2.37. The highest BCUT2D eigenvalue weighted by Crippen LogP contribution is 2.68. The fourth-order valence-corrected chi connectivity index (χ4v) is 10.4. The number of nitrogens with zero attached hydrogens (tertiary/aromatic N) is 4. The summed E-state index contributed by atoms with van der Waals surface area (Å²) in [4.78, 5) is 19.2. The van der Waals surface area contributed by atoms with Crippen molar-refractivity contribution in [3.63, 3.8) is 0 Å². The molecule has 2 aliphatic carbocycles. The molecule has 56 heavy (non-hydrogen) atoms. The third kappa shape index (κ3) is 4.27. The van der Waals surface area contributed by atoms with Crippen molar-refractivity contribution in [2.75, 3.05) is 4.90 Å². The summed E-state index contributed by atoms with van der Waals surface area (Å²) in [5.41, 5.74) is 11.1. The number of fused-ring (bicyclic) bond motifs is 12. The molecule has 2 aromatic heterocycles.